The predicted molar refractivity (Wildman–Crippen MR) is 252 cm³/mol. The molecule has 0 spiro atoms. The fourth-order valence-electron chi connectivity index (χ4n) is 0.272. The molecule has 25 nitrogen and oxygen atoms in total. The first-order valence-electron chi connectivity index (χ1n) is 22.9. The third-order valence-electron chi connectivity index (χ3n) is 0.711. The van der Waals surface area contributed by atoms with Crippen LogP contribution in [0.25, 0.3) is 0 Å². The number of carboxylic acids is 4. The van der Waals surface area contributed by atoms with Crippen LogP contribution in [0.5, 0.6) is 0 Å². The first-order valence-corrected chi connectivity index (χ1v) is 22.9. The molecule has 0 aliphatic rings. The van der Waals surface area contributed by atoms with Crippen LogP contribution in [-0.4, -0.2) is 109 Å². The van der Waals surface area contributed by atoms with Crippen molar-refractivity contribution in [3.63, 3.8) is 0 Å². The molecular weight excluding hydrogens is 1290 g/mol. The van der Waals surface area contributed by atoms with Crippen LogP contribution in [0.15, 0.2) is 24.3 Å². The first-order chi connectivity index (χ1) is 31.5. The second kappa shape index (κ2) is 149. The molecule has 0 rings (SSSR count). The van der Waals surface area contributed by atoms with Gasteiger partial charge in [-0.15, -0.1) is 85.5 Å². The number of carbonyl (C=O) groups is 4. The van der Waals surface area contributed by atoms with Gasteiger partial charge in [0.05, 0.1) is 23.9 Å². The molecule has 0 heterocycles. The molecule has 81 heavy (non-hydrogen) atoms. The Bertz CT molecular complexity index is 733. The van der Waals surface area contributed by atoms with Gasteiger partial charge in [0.2, 0.25) is 0 Å². The Kier molecular flexibility index (Phi) is 304. The topological polar surface area (TPSA) is 569 Å². The van der Waals surface area contributed by atoms with Crippen molar-refractivity contribution in [2.24, 2.45) is 0 Å². The Morgan fingerprint density at radius 2 is 0.210 bits per heavy atom. The minimum absolute atomic E-state index is 0. The van der Waals surface area contributed by atoms with Crippen molar-refractivity contribution in [1.29, 1.82) is 0 Å². The molecule has 0 saturated heterocycles. The van der Waals surface area contributed by atoms with E-state index in [4.69, 9.17) is 0 Å². The van der Waals surface area contributed by atoms with E-state index in [2.05, 4.69) is 0 Å². The van der Waals surface area contributed by atoms with E-state index in [1.165, 1.54) is 0 Å². The van der Waals surface area contributed by atoms with Gasteiger partial charge in [0, 0.05) is 0 Å². The fourth-order valence-corrected chi connectivity index (χ4v) is 0.272. The molecule has 0 aromatic rings. The molecule has 0 unspecified atom stereocenters. The zero-order chi connectivity index (χ0) is 63.2. The van der Waals surface area contributed by atoms with Crippen molar-refractivity contribution < 1.29 is 258 Å². The van der Waals surface area contributed by atoms with Gasteiger partial charge in [0.15, 0.2) is 0 Å². The third-order valence-corrected chi connectivity index (χ3v) is 0.711. The SMILES string of the molecule is CC(C)[O-].CC(C)[O-].CC(C)[O-].CC(C)[O-].CC(C)[O-].CC(C)[O-].CC(C)[O-].CC(C)[O-].CC(C)[O-].CC(C)[O-].CC(C)[O-].CC(C)[O-].CC(C)[O-].CC(C)[O-].O=C([O-])/C=C\C(=O)[O-].O=C([O-])/C=C\C(=O)[O-].[O-2].[O-2].[O-2].[Ti+4].[Ti+4].[Ti+4].[Ti+4].[Ti+4].[Ti+4]. The van der Waals surface area contributed by atoms with Gasteiger partial charge in [-0.05, 0) is 24.3 Å². The molecular formula is C50H102O25Ti6. The number of aliphatic carboxylic acids is 4. The van der Waals surface area contributed by atoms with Crippen LogP contribution in [0.2, 0.25) is 0 Å². The molecule has 476 valence electrons. The van der Waals surface area contributed by atoms with Crippen LogP contribution in [0, 0.1) is 0 Å². The predicted octanol–water partition coefficient (Wildman–Crippen LogP) is -9.72. The quantitative estimate of drug-likeness (QED) is 0.186. The number of rotatable bonds is 4. The summed E-state index contributed by atoms with van der Waals surface area (Å²) >= 11 is 0. The smallest absolute Gasteiger partial charge is 2.00 e. The van der Waals surface area contributed by atoms with Crippen molar-refractivity contribution >= 4 is 23.9 Å². The zero-order valence-corrected chi connectivity index (χ0v) is 63.0. The van der Waals surface area contributed by atoms with Crippen LogP contribution in [0.4, 0.5) is 0 Å². The van der Waals surface area contributed by atoms with Gasteiger partial charge < -0.3 is 128 Å². The van der Waals surface area contributed by atoms with Crippen molar-refractivity contribution in [2.75, 3.05) is 0 Å². The summed E-state index contributed by atoms with van der Waals surface area (Å²) in [4.78, 5) is 37.7. The van der Waals surface area contributed by atoms with Gasteiger partial charge in [-0.1, -0.05) is 194 Å². The Hall–Kier alpha value is 0.966. The average molecular weight is 1390 g/mol. The maximum Gasteiger partial charge on any atom is 4.00 e. The summed E-state index contributed by atoms with van der Waals surface area (Å²) in [6.07, 6.45) is -4.30. The maximum atomic E-state index is 9.53. The first kappa shape index (κ1) is 166. The molecule has 0 aromatic heterocycles. The zero-order valence-electron chi connectivity index (χ0n) is 53.6. The van der Waals surface area contributed by atoms with E-state index >= 15 is 0 Å². The van der Waals surface area contributed by atoms with Crippen molar-refractivity contribution in [3.8, 4) is 0 Å². The van der Waals surface area contributed by atoms with Crippen LogP contribution >= 0.6 is 0 Å². The van der Waals surface area contributed by atoms with Crippen LogP contribution in [0.3, 0.4) is 0 Å². The molecule has 0 amide bonds. The minimum Gasteiger partial charge on any atom is -2.00 e. The molecule has 0 bridgehead atoms. The van der Waals surface area contributed by atoms with E-state index in [-0.39, 0.29) is 147 Å². The van der Waals surface area contributed by atoms with Crippen molar-refractivity contribution in [3.05, 3.63) is 24.3 Å². The second-order valence-corrected chi connectivity index (χ2v) is 16.6. The molecule has 0 atom stereocenters. The summed E-state index contributed by atoms with van der Waals surface area (Å²) in [5.74, 6) is -6.19. The largest absolute Gasteiger partial charge is 4.00 e. The summed E-state index contributed by atoms with van der Waals surface area (Å²) in [7, 11) is 0. The van der Waals surface area contributed by atoms with Gasteiger partial charge in [-0.2, -0.15) is 0 Å². The Morgan fingerprint density at radius 1 is 0.185 bits per heavy atom. The van der Waals surface area contributed by atoms with Gasteiger partial charge >= 0.3 is 130 Å². The molecule has 0 aliphatic heterocycles. The van der Waals surface area contributed by atoms with E-state index in [0.29, 0.717) is 24.3 Å². The average Bonchev–Trinajstić information content (AvgIpc) is 2.99. The third kappa shape index (κ3) is 4200. The van der Waals surface area contributed by atoms with Crippen LogP contribution in [0.1, 0.15) is 194 Å². The van der Waals surface area contributed by atoms with Crippen molar-refractivity contribution in [2.45, 2.75) is 279 Å². The number of hydrogen-bond donors (Lipinski definition) is 0. The normalized spacial score (nSPS) is 8.10. The molecule has 0 fully saturated rings. The molecule has 0 aliphatic carbocycles. The second-order valence-electron chi connectivity index (χ2n) is 16.6. The van der Waals surface area contributed by atoms with Crippen LogP contribution < -0.4 is 91.9 Å². The Balaban J connectivity index is -0.0000000180. The van der Waals surface area contributed by atoms with Gasteiger partial charge in [0.25, 0.3) is 0 Å². The van der Waals surface area contributed by atoms with E-state index in [1.54, 1.807) is 194 Å². The van der Waals surface area contributed by atoms with E-state index in [0.717, 1.165) is 0 Å². The summed E-state index contributed by atoms with van der Waals surface area (Å²) < 4.78 is 0. The van der Waals surface area contributed by atoms with E-state index in [1.807, 2.05) is 0 Å². The minimum atomic E-state index is -1.55. The van der Waals surface area contributed by atoms with E-state index < -0.39 is 109 Å². The van der Waals surface area contributed by atoms with Gasteiger partial charge in [-0.3, -0.25) is 0 Å². The molecule has 0 saturated carbocycles. The molecule has 31 heteroatoms. The number of hydrogen-bond acceptors (Lipinski definition) is 22. The monoisotopic (exact) mass is 1390 g/mol. The summed E-state index contributed by atoms with van der Waals surface area (Å²) in [5, 5.41) is 171. The van der Waals surface area contributed by atoms with Gasteiger partial charge in [-0.25, -0.2) is 0 Å². The summed E-state index contributed by atoms with van der Waals surface area (Å²) in [6.45, 7) is 45.1. The van der Waals surface area contributed by atoms with Gasteiger partial charge in [0.1, 0.15) is 0 Å². The molecule has 0 N–H and O–H groups in total. The maximum absolute atomic E-state index is 9.53. The Morgan fingerprint density at radius 3 is 0.222 bits per heavy atom. The molecule has 0 radical (unpaired) electrons. The number of carboxylic acid groups (broad SMARTS) is 4. The standard InChI is InChI=1S/2C4H4O4.14C3H7O.3O.6Ti/c2*5-3(6)1-2-4(7)8;14*1-3(2)4;;;;;;;;;/h2*1-2H,(H,5,6)(H,7,8);14*3H,1-2H3;;;;;;;;;/q;;14*-1;3*-2;6*+4/p-4/b2*2-1-;;;;;;;;;;;;;;;;;;;;;;;. The number of carbonyl (C=O) groups excluding carboxylic acids is 4. The molecule has 0 aromatic carbocycles. The van der Waals surface area contributed by atoms with E-state index in [9.17, 15) is 111 Å². The summed E-state index contributed by atoms with van der Waals surface area (Å²) in [5.41, 5.74) is 0. The summed E-state index contributed by atoms with van der Waals surface area (Å²) in [6, 6.07) is 0. The Labute approximate surface area is 580 Å². The fraction of sp³-hybridized carbons (Fsp3) is 0.840. The van der Waals surface area contributed by atoms with Crippen molar-refractivity contribution in [1.82, 2.24) is 0 Å². The van der Waals surface area contributed by atoms with Crippen LogP contribution in [-0.2, 0) is 166 Å².